The molecule has 2 fully saturated rings. The van der Waals surface area contributed by atoms with Crippen LogP contribution in [-0.2, 0) is 36.0 Å². The van der Waals surface area contributed by atoms with Crippen LogP contribution in [0.3, 0.4) is 0 Å². The van der Waals surface area contributed by atoms with E-state index in [0.717, 1.165) is 5.56 Å². The number of allylic oxidation sites excluding steroid dienone is 1. The highest BCUT2D eigenvalue weighted by Gasteiger charge is 2.55. The Morgan fingerprint density at radius 2 is 1.90 bits per heavy atom. The minimum Gasteiger partial charge on any atom is -0.497 e. The van der Waals surface area contributed by atoms with Gasteiger partial charge in [0, 0.05) is 13.0 Å². The van der Waals surface area contributed by atoms with Crippen LogP contribution >= 0.6 is 0 Å². The lowest BCUT2D eigenvalue weighted by atomic mass is 9.87. The largest absolute Gasteiger partial charge is 0.497 e. The van der Waals surface area contributed by atoms with E-state index in [0.29, 0.717) is 37.1 Å². The van der Waals surface area contributed by atoms with E-state index in [2.05, 4.69) is 11.9 Å². The summed E-state index contributed by atoms with van der Waals surface area (Å²) in [5.74, 6) is -0.574. The van der Waals surface area contributed by atoms with Gasteiger partial charge < -0.3 is 34.8 Å². The molecular weight excluding hydrogens is 532 g/mol. The van der Waals surface area contributed by atoms with Crippen molar-refractivity contribution in [2.45, 2.75) is 68.5 Å². The van der Waals surface area contributed by atoms with Crippen LogP contribution in [0, 0.1) is 0 Å². The molecule has 0 bridgehead atoms. The van der Waals surface area contributed by atoms with Crippen LogP contribution in [-0.4, -0.2) is 83.2 Å². The van der Waals surface area contributed by atoms with E-state index < -0.39 is 54.7 Å². The number of rotatable bonds is 12. The topological polar surface area (TPSA) is 147 Å². The predicted molar refractivity (Wildman–Crippen MR) is 147 cm³/mol. The number of aliphatic hydroxyl groups is 3. The van der Waals surface area contributed by atoms with E-state index in [1.165, 1.54) is 0 Å². The maximum absolute atomic E-state index is 14.2. The first kappa shape index (κ1) is 30.6. The van der Waals surface area contributed by atoms with Gasteiger partial charge in [-0.2, -0.15) is 5.06 Å². The Morgan fingerprint density at radius 3 is 2.56 bits per heavy atom. The standard InChI is InChI=1S/C30H38N2O9/c1-3-4-11-24(34)31-25-26(35)27(23(18-33)40-28(25)36)41-29(37)30(21-12-14-22(38-2)15-13-21)16-8-17-32(30)39-19-20-9-6-5-7-10-20/h3,5-7,9-10,12-15,23,25-28,33,35-36H,1,4,8,11,16-19H2,2H3,(H,31,34)/t23-,25-,26-,27-,28?,30-/m1/s1. The van der Waals surface area contributed by atoms with E-state index in [4.69, 9.17) is 19.0 Å². The van der Waals surface area contributed by atoms with Crippen LogP contribution < -0.4 is 10.1 Å². The second kappa shape index (κ2) is 14.0. The van der Waals surface area contributed by atoms with Gasteiger partial charge in [0.15, 0.2) is 17.9 Å². The van der Waals surface area contributed by atoms with Crippen LogP contribution in [0.5, 0.6) is 5.75 Å². The number of benzene rings is 2. The van der Waals surface area contributed by atoms with Crippen molar-refractivity contribution in [1.29, 1.82) is 0 Å². The average molecular weight is 571 g/mol. The lowest BCUT2D eigenvalue weighted by Gasteiger charge is -2.44. The quantitative estimate of drug-likeness (QED) is 0.219. The van der Waals surface area contributed by atoms with Gasteiger partial charge in [0.1, 0.15) is 24.0 Å². The van der Waals surface area contributed by atoms with Crippen molar-refractivity contribution in [3.63, 3.8) is 0 Å². The van der Waals surface area contributed by atoms with Crippen molar-refractivity contribution in [2.24, 2.45) is 0 Å². The van der Waals surface area contributed by atoms with Crippen LogP contribution in [0.15, 0.2) is 67.3 Å². The lowest BCUT2D eigenvalue weighted by molar-refractivity contribution is -0.270. The number of aliphatic hydroxyl groups excluding tert-OH is 3. The number of methoxy groups -OCH3 is 1. The van der Waals surface area contributed by atoms with E-state index in [1.807, 2.05) is 30.3 Å². The fourth-order valence-electron chi connectivity index (χ4n) is 5.27. The molecule has 0 saturated carbocycles. The summed E-state index contributed by atoms with van der Waals surface area (Å²) >= 11 is 0. The maximum atomic E-state index is 14.2. The molecule has 2 saturated heterocycles. The Morgan fingerprint density at radius 1 is 1.17 bits per heavy atom. The molecule has 11 heteroatoms. The summed E-state index contributed by atoms with van der Waals surface area (Å²) in [5.41, 5.74) is 0.117. The van der Waals surface area contributed by atoms with Gasteiger partial charge >= 0.3 is 5.97 Å². The zero-order valence-electron chi connectivity index (χ0n) is 23.1. The number of nitrogens with zero attached hydrogens (tertiary/aromatic N) is 1. The SMILES string of the molecule is C=CCCC(=O)N[C@H]1C(O)O[C@H](CO)[C@@H](OC(=O)[C@]2(c3ccc(OC)cc3)CCCN2OCc2ccccc2)[C@@H]1O. The Labute approximate surface area is 239 Å². The molecule has 2 aliphatic heterocycles. The highest BCUT2D eigenvalue weighted by molar-refractivity contribution is 5.83. The number of hydroxylamine groups is 2. The maximum Gasteiger partial charge on any atom is 0.334 e. The van der Waals surface area contributed by atoms with Crippen molar-refractivity contribution < 1.29 is 44.0 Å². The predicted octanol–water partition coefficient (Wildman–Crippen LogP) is 1.55. The average Bonchev–Trinajstić information content (AvgIpc) is 3.43. The molecule has 0 radical (unpaired) electrons. The Hall–Kier alpha value is -3.32. The number of carbonyl (C=O) groups excluding carboxylic acids is 2. The fourth-order valence-corrected chi connectivity index (χ4v) is 5.27. The summed E-state index contributed by atoms with van der Waals surface area (Å²) in [5, 5.41) is 35.8. The second-order valence-corrected chi connectivity index (χ2v) is 10.1. The van der Waals surface area contributed by atoms with Gasteiger partial charge in [0.05, 0.1) is 20.3 Å². The zero-order valence-corrected chi connectivity index (χ0v) is 23.1. The number of esters is 1. The fraction of sp³-hybridized carbons (Fsp3) is 0.467. The molecule has 6 atom stereocenters. The summed E-state index contributed by atoms with van der Waals surface area (Å²) in [6, 6.07) is 15.2. The Kier molecular flexibility index (Phi) is 10.5. The molecule has 0 aromatic heterocycles. The molecule has 0 aliphatic carbocycles. The minimum atomic E-state index is -1.63. The highest BCUT2D eigenvalue weighted by Crippen LogP contribution is 2.42. The first-order chi connectivity index (χ1) is 19.8. The number of amides is 1. The zero-order chi connectivity index (χ0) is 29.4. The summed E-state index contributed by atoms with van der Waals surface area (Å²) in [4.78, 5) is 32.7. The lowest BCUT2D eigenvalue weighted by Crippen LogP contribution is -2.66. The molecule has 1 amide bonds. The van der Waals surface area contributed by atoms with Crippen molar-refractivity contribution in [1.82, 2.24) is 10.4 Å². The smallest absolute Gasteiger partial charge is 0.334 e. The van der Waals surface area contributed by atoms with Gasteiger partial charge in [-0.3, -0.25) is 9.63 Å². The minimum absolute atomic E-state index is 0.0849. The van der Waals surface area contributed by atoms with Gasteiger partial charge in [0.25, 0.3) is 0 Å². The molecule has 2 aromatic carbocycles. The third-order valence-corrected chi connectivity index (χ3v) is 7.48. The molecule has 4 rings (SSSR count). The third kappa shape index (κ3) is 6.78. The molecule has 2 aliphatic rings. The van der Waals surface area contributed by atoms with Crippen LogP contribution in [0.1, 0.15) is 36.8 Å². The highest BCUT2D eigenvalue weighted by atomic mass is 16.7. The molecule has 2 heterocycles. The Balaban J connectivity index is 1.62. The van der Waals surface area contributed by atoms with Gasteiger partial charge in [-0.15, -0.1) is 6.58 Å². The van der Waals surface area contributed by atoms with Crippen molar-refractivity contribution in [3.05, 3.63) is 78.4 Å². The van der Waals surface area contributed by atoms with Crippen LogP contribution in [0.25, 0.3) is 0 Å². The summed E-state index contributed by atoms with van der Waals surface area (Å²) < 4.78 is 16.7. The van der Waals surface area contributed by atoms with Crippen LogP contribution in [0.4, 0.5) is 0 Å². The molecule has 2 aromatic rings. The summed E-state index contributed by atoms with van der Waals surface area (Å²) in [7, 11) is 1.55. The number of hydrogen-bond acceptors (Lipinski definition) is 10. The van der Waals surface area contributed by atoms with E-state index in [1.54, 1.807) is 42.5 Å². The number of nitrogens with one attached hydrogen (secondary N) is 1. The summed E-state index contributed by atoms with van der Waals surface area (Å²) in [6.45, 7) is 3.58. The summed E-state index contributed by atoms with van der Waals surface area (Å²) in [6.07, 6.45) is -2.81. The van der Waals surface area contributed by atoms with Gasteiger partial charge in [0.2, 0.25) is 5.91 Å². The normalized spacial score (nSPS) is 28.1. The first-order valence-corrected chi connectivity index (χ1v) is 13.7. The van der Waals surface area contributed by atoms with E-state index in [9.17, 15) is 24.9 Å². The van der Waals surface area contributed by atoms with E-state index in [-0.39, 0.29) is 13.0 Å². The third-order valence-electron chi connectivity index (χ3n) is 7.48. The van der Waals surface area contributed by atoms with Crippen LogP contribution in [0.2, 0.25) is 0 Å². The second-order valence-electron chi connectivity index (χ2n) is 10.1. The van der Waals surface area contributed by atoms with Gasteiger partial charge in [-0.05, 0) is 42.5 Å². The van der Waals surface area contributed by atoms with Crippen molar-refractivity contribution in [3.8, 4) is 5.75 Å². The monoisotopic (exact) mass is 570 g/mol. The molecule has 222 valence electrons. The first-order valence-electron chi connectivity index (χ1n) is 13.7. The molecule has 0 spiro atoms. The number of ether oxygens (including phenoxy) is 3. The molecule has 1 unspecified atom stereocenters. The molecule has 4 N–H and O–H groups in total. The van der Waals surface area contributed by atoms with Crippen molar-refractivity contribution in [2.75, 3.05) is 20.3 Å². The molecular formula is C30H38N2O9. The van der Waals surface area contributed by atoms with Gasteiger partial charge in [-0.25, -0.2) is 4.79 Å². The van der Waals surface area contributed by atoms with E-state index >= 15 is 0 Å². The molecule has 41 heavy (non-hydrogen) atoms. The molecule has 11 nitrogen and oxygen atoms in total. The van der Waals surface area contributed by atoms with Crippen molar-refractivity contribution >= 4 is 11.9 Å². The number of hydrogen-bond donors (Lipinski definition) is 4. The number of carbonyl (C=O) groups is 2. The Bertz CT molecular complexity index is 1160. The van der Waals surface area contributed by atoms with Gasteiger partial charge in [-0.1, -0.05) is 48.5 Å².